The van der Waals surface area contributed by atoms with E-state index in [9.17, 15) is 9.18 Å². The van der Waals surface area contributed by atoms with E-state index >= 15 is 0 Å². The monoisotopic (exact) mass is 490 g/mol. The van der Waals surface area contributed by atoms with Crippen LogP contribution in [0.5, 0.6) is 0 Å². The van der Waals surface area contributed by atoms with E-state index in [0.717, 1.165) is 43.9 Å². The lowest BCUT2D eigenvalue weighted by Gasteiger charge is -2.36. The molecule has 5 rings (SSSR count). The predicted octanol–water partition coefficient (Wildman–Crippen LogP) is 3.91. The summed E-state index contributed by atoms with van der Waals surface area (Å²) in [6, 6.07) is 16.1. The lowest BCUT2D eigenvalue weighted by Crippen LogP contribution is -2.53. The van der Waals surface area contributed by atoms with Gasteiger partial charge in [0.05, 0.1) is 0 Å². The first-order valence-corrected chi connectivity index (χ1v) is 12.9. The van der Waals surface area contributed by atoms with Crippen LogP contribution in [0.1, 0.15) is 42.9 Å². The van der Waals surface area contributed by atoms with Gasteiger partial charge < -0.3 is 15.5 Å². The molecule has 0 bridgehead atoms. The first-order chi connectivity index (χ1) is 17.4. The Labute approximate surface area is 212 Å². The zero-order valence-corrected chi connectivity index (χ0v) is 21.0. The molecule has 0 aliphatic carbocycles. The van der Waals surface area contributed by atoms with E-state index in [4.69, 9.17) is 0 Å². The van der Waals surface area contributed by atoms with E-state index in [1.54, 1.807) is 18.3 Å². The number of carbonyl (C=O) groups excluding carboxylic acids is 1. The van der Waals surface area contributed by atoms with Crippen LogP contribution in [0.4, 0.5) is 10.1 Å². The highest BCUT2D eigenvalue weighted by Crippen LogP contribution is 2.20. The summed E-state index contributed by atoms with van der Waals surface area (Å²) in [7, 11) is 0. The van der Waals surface area contributed by atoms with Crippen LogP contribution in [0, 0.1) is 5.82 Å². The molecule has 8 heteroatoms. The minimum absolute atomic E-state index is 0.0481. The van der Waals surface area contributed by atoms with E-state index in [0.29, 0.717) is 31.0 Å². The number of hydrogen-bond acceptors (Lipinski definition) is 5. The molecule has 3 heterocycles. The molecule has 1 amide bonds. The molecule has 2 N–H and O–H groups in total. The number of benzene rings is 2. The van der Waals surface area contributed by atoms with Crippen LogP contribution in [-0.4, -0.2) is 69.6 Å². The maximum Gasteiger partial charge on any atom is 0.290 e. The molecule has 7 nitrogen and oxygen atoms in total. The van der Waals surface area contributed by atoms with Crippen LogP contribution in [0.3, 0.4) is 0 Å². The minimum Gasteiger partial charge on any atom is -0.382 e. The molecule has 3 aromatic rings. The standard InChI is InChI=1S/C28H35FN6O/c1-20-17-33(18-21(2)31-20)19-22-3-9-26(10-4-22)35-16-13-30-27(35)28(36)34-14-11-25(12-15-34)32-24-7-5-23(29)6-8-24/h3-10,13,16,20-21,25,31-32H,11-12,14-15,17-19H2,1-2H3/t20-,21+. The molecular weight excluding hydrogens is 455 g/mol. The van der Waals surface area contributed by atoms with E-state index < -0.39 is 0 Å². The lowest BCUT2D eigenvalue weighted by molar-refractivity contribution is 0.0704. The smallest absolute Gasteiger partial charge is 0.290 e. The van der Waals surface area contributed by atoms with Crippen molar-refractivity contribution in [3.8, 4) is 5.69 Å². The number of piperidine rings is 1. The third-order valence-corrected chi connectivity index (χ3v) is 7.08. The van der Waals surface area contributed by atoms with Gasteiger partial charge >= 0.3 is 0 Å². The summed E-state index contributed by atoms with van der Waals surface area (Å²) in [5, 5.41) is 7.02. The second-order valence-corrected chi connectivity index (χ2v) is 10.2. The van der Waals surface area contributed by atoms with Crippen molar-refractivity contribution in [1.29, 1.82) is 0 Å². The molecule has 2 atom stereocenters. The Bertz CT molecular complexity index is 1140. The minimum atomic E-state index is -0.241. The number of rotatable bonds is 6. The van der Waals surface area contributed by atoms with Gasteiger partial charge in [-0.05, 0) is 68.7 Å². The number of piperazine rings is 1. The fraction of sp³-hybridized carbons (Fsp3) is 0.429. The van der Waals surface area contributed by atoms with Crippen molar-refractivity contribution in [2.75, 3.05) is 31.5 Å². The average molecular weight is 491 g/mol. The largest absolute Gasteiger partial charge is 0.382 e. The van der Waals surface area contributed by atoms with Gasteiger partial charge in [0.1, 0.15) is 5.82 Å². The first kappa shape index (κ1) is 24.5. The van der Waals surface area contributed by atoms with Crippen molar-refractivity contribution >= 4 is 11.6 Å². The van der Waals surface area contributed by atoms with Gasteiger partial charge in [0, 0.05) is 74.6 Å². The number of likely N-dealkylation sites (tertiary alicyclic amines) is 1. The SMILES string of the molecule is C[C@@H]1CN(Cc2ccc(-n3ccnc3C(=O)N3CCC(Nc4ccc(F)cc4)CC3)cc2)C[C@H](C)N1. The Morgan fingerprint density at radius 1 is 1.03 bits per heavy atom. The van der Waals surface area contributed by atoms with Gasteiger partial charge in [-0.2, -0.15) is 0 Å². The highest BCUT2D eigenvalue weighted by Gasteiger charge is 2.26. The molecule has 36 heavy (non-hydrogen) atoms. The fourth-order valence-corrected chi connectivity index (χ4v) is 5.41. The van der Waals surface area contributed by atoms with Gasteiger partial charge in [-0.25, -0.2) is 9.37 Å². The molecule has 1 aromatic heterocycles. The van der Waals surface area contributed by atoms with Crippen molar-refractivity contribution in [2.45, 2.75) is 51.4 Å². The summed E-state index contributed by atoms with van der Waals surface area (Å²) in [5.41, 5.74) is 3.11. The number of anilines is 1. The summed E-state index contributed by atoms with van der Waals surface area (Å²) in [4.78, 5) is 22.1. The molecule has 0 saturated carbocycles. The molecule has 2 fully saturated rings. The van der Waals surface area contributed by atoms with Crippen molar-refractivity contribution in [1.82, 2.24) is 24.7 Å². The van der Waals surface area contributed by atoms with Gasteiger partial charge in [-0.3, -0.25) is 14.3 Å². The highest BCUT2D eigenvalue weighted by molar-refractivity contribution is 5.91. The Morgan fingerprint density at radius 3 is 2.36 bits per heavy atom. The van der Waals surface area contributed by atoms with Crippen LogP contribution < -0.4 is 10.6 Å². The summed E-state index contributed by atoms with van der Waals surface area (Å²) in [6.07, 6.45) is 5.21. The molecule has 0 unspecified atom stereocenters. The third kappa shape index (κ3) is 5.77. The van der Waals surface area contributed by atoms with Crippen molar-refractivity contribution in [3.63, 3.8) is 0 Å². The molecule has 2 aliphatic rings. The van der Waals surface area contributed by atoms with Crippen LogP contribution >= 0.6 is 0 Å². The topological polar surface area (TPSA) is 65.4 Å². The Kier molecular flexibility index (Phi) is 7.34. The quantitative estimate of drug-likeness (QED) is 0.549. The second-order valence-electron chi connectivity index (χ2n) is 10.2. The normalized spacial score (nSPS) is 21.5. The van der Waals surface area contributed by atoms with E-state index in [1.165, 1.54) is 17.7 Å². The molecule has 2 aromatic carbocycles. The highest BCUT2D eigenvalue weighted by atomic mass is 19.1. The summed E-state index contributed by atoms with van der Waals surface area (Å²) in [5.74, 6) is 0.153. The maximum absolute atomic E-state index is 13.3. The Morgan fingerprint density at radius 2 is 1.69 bits per heavy atom. The van der Waals surface area contributed by atoms with Gasteiger partial charge in [0.15, 0.2) is 0 Å². The number of nitrogens with zero attached hydrogens (tertiary/aromatic N) is 4. The number of halogens is 1. The predicted molar refractivity (Wildman–Crippen MR) is 140 cm³/mol. The summed E-state index contributed by atoms with van der Waals surface area (Å²) < 4.78 is 15.0. The maximum atomic E-state index is 13.3. The molecule has 0 radical (unpaired) electrons. The van der Waals surface area contributed by atoms with Crippen LogP contribution in [0.2, 0.25) is 0 Å². The molecule has 2 saturated heterocycles. The van der Waals surface area contributed by atoms with E-state index in [1.807, 2.05) is 15.7 Å². The van der Waals surface area contributed by atoms with Crippen LogP contribution in [0.15, 0.2) is 60.9 Å². The summed E-state index contributed by atoms with van der Waals surface area (Å²) in [6.45, 7) is 8.79. The average Bonchev–Trinajstić information content (AvgIpc) is 3.35. The summed E-state index contributed by atoms with van der Waals surface area (Å²) >= 11 is 0. The molecule has 0 spiro atoms. The number of imidazole rings is 1. The third-order valence-electron chi connectivity index (χ3n) is 7.08. The molecular formula is C28H35FN6O. The van der Waals surface area contributed by atoms with E-state index in [-0.39, 0.29) is 17.8 Å². The van der Waals surface area contributed by atoms with E-state index in [2.05, 4.69) is 58.6 Å². The van der Waals surface area contributed by atoms with Crippen LogP contribution in [-0.2, 0) is 6.54 Å². The van der Waals surface area contributed by atoms with Gasteiger partial charge in [0.25, 0.3) is 5.91 Å². The second kappa shape index (κ2) is 10.8. The number of aromatic nitrogens is 2. The van der Waals surface area contributed by atoms with Crippen molar-refractivity contribution in [2.24, 2.45) is 0 Å². The Balaban J connectivity index is 1.19. The fourth-order valence-electron chi connectivity index (χ4n) is 5.41. The molecule has 2 aliphatic heterocycles. The van der Waals surface area contributed by atoms with Crippen LogP contribution in [0.25, 0.3) is 5.69 Å². The molecule has 190 valence electrons. The van der Waals surface area contributed by atoms with Crippen molar-refractivity contribution in [3.05, 3.63) is 78.1 Å². The van der Waals surface area contributed by atoms with Gasteiger partial charge in [0.2, 0.25) is 5.82 Å². The first-order valence-electron chi connectivity index (χ1n) is 12.9. The zero-order valence-electron chi connectivity index (χ0n) is 21.0. The Hall–Kier alpha value is -3.23. The van der Waals surface area contributed by atoms with Gasteiger partial charge in [-0.1, -0.05) is 12.1 Å². The number of amides is 1. The zero-order chi connectivity index (χ0) is 25.1. The number of nitrogens with one attached hydrogen (secondary N) is 2. The lowest BCUT2D eigenvalue weighted by atomic mass is 10.0. The van der Waals surface area contributed by atoms with Crippen molar-refractivity contribution < 1.29 is 9.18 Å². The number of hydrogen-bond donors (Lipinski definition) is 2. The number of carbonyl (C=O) groups is 1. The van der Waals surface area contributed by atoms with Gasteiger partial charge in [-0.15, -0.1) is 0 Å².